The zero-order valence-corrected chi connectivity index (χ0v) is 15.5. The van der Waals surface area contributed by atoms with E-state index in [-0.39, 0.29) is 12.1 Å². The van der Waals surface area contributed by atoms with Gasteiger partial charge in [-0.15, -0.1) is 0 Å². The second-order valence-electron chi connectivity index (χ2n) is 7.49. The molecule has 1 saturated carbocycles. The van der Waals surface area contributed by atoms with Crippen LogP contribution in [0.15, 0.2) is 18.2 Å². The molecule has 1 heterocycles. The summed E-state index contributed by atoms with van der Waals surface area (Å²) in [4.78, 5) is 14.5. The van der Waals surface area contributed by atoms with E-state index in [0.29, 0.717) is 12.6 Å². The summed E-state index contributed by atoms with van der Waals surface area (Å²) in [6.07, 6.45) is 8.23. The van der Waals surface area contributed by atoms with Crippen LogP contribution in [0, 0.1) is 0 Å². The first-order valence-electron chi connectivity index (χ1n) is 9.60. The van der Waals surface area contributed by atoms with Crippen molar-refractivity contribution in [3.05, 3.63) is 29.3 Å². The summed E-state index contributed by atoms with van der Waals surface area (Å²) in [7, 11) is 4.11. The van der Waals surface area contributed by atoms with Gasteiger partial charge in [0.15, 0.2) is 0 Å². The second-order valence-corrected chi connectivity index (χ2v) is 7.49. The molecule has 0 radical (unpaired) electrons. The predicted molar refractivity (Wildman–Crippen MR) is 100 cm³/mol. The normalized spacial score (nSPS) is 19.0. The van der Waals surface area contributed by atoms with Gasteiger partial charge in [0.05, 0.1) is 12.6 Å². The smallest absolute Gasteiger partial charge is 0.315 e. The Morgan fingerprint density at radius 1 is 1.24 bits per heavy atom. The SMILES string of the molecule is CN(C)C(CNC(=O)NC1CCCCCC1)c1ccc2c(c1)CCO2. The molecule has 5 nitrogen and oxygen atoms in total. The molecule has 5 heteroatoms. The number of ether oxygens (including phenoxy) is 1. The van der Waals surface area contributed by atoms with Gasteiger partial charge in [-0.3, -0.25) is 0 Å². The predicted octanol–water partition coefficient (Wildman–Crippen LogP) is 3.25. The summed E-state index contributed by atoms with van der Waals surface area (Å²) in [6.45, 7) is 1.37. The number of hydrogen-bond acceptors (Lipinski definition) is 3. The first-order chi connectivity index (χ1) is 12.1. The lowest BCUT2D eigenvalue weighted by molar-refractivity contribution is 0.228. The fourth-order valence-corrected chi connectivity index (χ4v) is 3.86. The number of nitrogens with zero attached hydrogens (tertiary/aromatic N) is 1. The molecule has 1 aromatic carbocycles. The van der Waals surface area contributed by atoms with E-state index in [9.17, 15) is 4.79 Å². The minimum atomic E-state index is -0.0387. The minimum absolute atomic E-state index is 0.0387. The fourth-order valence-electron chi connectivity index (χ4n) is 3.86. The van der Waals surface area contributed by atoms with Gasteiger partial charge in [-0.1, -0.05) is 37.8 Å². The van der Waals surface area contributed by atoms with Gasteiger partial charge in [0.25, 0.3) is 0 Å². The third kappa shape index (κ3) is 4.88. The zero-order valence-electron chi connectivity index (χ0n) is 15.5. The van der Waals surface area contributed by atoms with Gasteiger partial charge in [0.1, 0.15) is 5.75 Å². The molecule has 2 aliphatic rings. The van der Waals surface area contributed by atoms with Crippen LogP contribution >= 0.6 is 0 Å². The molecule has 25 heavy (non-hydrogen) atoms. The highest BCUT2D eigenvalue weighted by Gasteiger charge is 2.20. The van der Waals surface area contributed by atoms with Crippen LogP contribution in [0.4, 0.5) is 4.79 Å². The van der Waals surface area contributed by atoms with Crippen LogP contribution in [0.25, 0.3) is 0 Å². The van der Waals surface area contributed by atoms with Crippen molar-refractivity contribution in [3.8, 4) is 5.75 Å². The number of likely N-dealkylation sites (N-methyl/N-ethyl adjacent to an activating group) is 1. The molecular weight excluding hydrogens is 314 g/mol. The van der Waals surface area contributed by atoms with E-state index in [1.165, 1.54) is 36.8 Å². The summed E-state index contributed by atoms with van der Waals surface area (Å²) in [5, 5.41) is 6.23. The Kier molecular flexibility index (Phi) is 6.19. The maximum atomic E-state index is 12.3. The molecule has 1 atom stereocenters. The Morgan fingerprint density at radius 3 is 2.72 bits per heavy atom. The molecule has 1 aliphatic carbocycles. The highest BCUT2D eigenvalue weighted by molar-refractivity contribution is 5.74. The second kappa shape index (κ2) is 8.56. The largest absolute Gasteiger partial charge is 0.493 e. The summed E-state index contributed by atoms with van der Waals surface area (Å²) >= 11 is 0. The molecule has 0 bridgehead atoms. The zero-order chi connectivity index (χ0) is 17.6. The molecule has 2 amide bonds. The molecule has 1 unspecified atom stereocenters. The summed E-state index contributed by atoms with van der Waals surface area (Å²) in [5.41, 5.74) is 2.50. The van der Waals surface area contributed by atoms with E-state index in [1.807, 2.05) is 0 Å². The number of rotatable bonds is 5. The van der Waals surface area contributed by atoms with Crippen molar-refractivity contribution in [2.75, 3.05) is 27.2 Å². The van der Waals surface area contributed by atoms with Gasteiger partial charge in [0, 0.05) is 19.0 Å². The van der Waals surface area contributed by atoms with Gasteiger partial charge in [-0.05, 0) is 44.1 Å². The Bertz CT molecular complexity index is 580. The van der Waals surface area contributed by atoms with Crippen molar-refractivity contribution in [1.82, 2.24) is 15.5 Å². The van der Waals surface area contributed by atoms with Gasteiger partial charge >= 0.3 is 6.03 Å². The lowest BCUT2D eigenvalue weighted by Crippen LogP contribution is -2.44. The minimum Gasteiger partial charge on any atom is -0.493 e. The summed E-state index contributed by atoms with van der Waals surface area (Å²) < 4.78 is 5.59. The van der Waals surface area contributed by atoms with Crippen molar-refractivity contribution in [2.24, 2.45) is 0 Å². The van der Waals surface area contributed by atoms with Crippen molar-refractivity contribution in [3.63, 3.8) is 0 Å². The van der Waals surface area contributed by atoms with Crippen LogP contribution in [0.1, 0.15) is 55.7 Å². The number of nitrogens with one attached hydrogen (secondary N) is 2. The molecule has 0 spiro atoms. The lowest BCUT2D eigenvalue weighted by atomic mass is 10.0. The number of benzene rings is 1. The number of carbonyl (C=O) groups is 1. The van der Waals surface area contributed by atoms with Crippen LogP contribution in [0.3, 0.4) is 0 Å². The number of fused-ring (bicyclic) bond motifs is 1. The van der Waals surface area contributed by atoms with E-state index < -0.39 is 0 Å². The van der Waals surface area contributed by atoms with Crippen molar-refractivity contribution < 1.29 is 9.53 Å². The van der Waals surface area contributed by atoms with Gasteiger partial charge in [-0.2, -0.15) is 0 Å². The topological polar surface area (TPSA) is 53.6 Å². The molecule has 0 saturated heterocycles. The molecule has 3 rings (SSSR count). The summed E-state index contributed by atoms with van der Waals surface area (Å²) in [5.74, 6) is 1.00. The number of urea groups is 1. The number of hydrogen-bond donors (Lipinski definition) is 2. The molecule has 1 aliphatic heterocycles. The van der Waals surface area contributed by atoms with Gasteiger partial charge in [-0.25, -0.2) is 4.79 Å². The lowest BCUT2D eigenvalue weighted by Gasteiger charge is -2.26. The maximum absolute atomic E-state index is 12.3. The molecular formula is C20H31N3O2. The van der Waals surface area contributed by atoms with E-state index in [0.717, 1.165) is 31.6 Å². The van der Waals surface area contributed by atoms with Crippen molar-refractivity contribution in [1.29, 1.82) is 0 Å². The van der Waals surface area contributed by atoms with E-state index in [1.54, 1.807) is 0 Å². The molecule has 1 aromatic rings. The Hall–Kier alpha value is -1.75. The molecule has 1 fully saturated rings. The average molecular weight is 345 g/mol. The quantitative estimate of drug-likeness (QED) is 0.806. The highest BCUT2D eigenvalue weighted by atomic mass is 16.5. The van der Waals surface area contributed by atoms with Crippen LogP contribution in [-0.2, 0) is 6.42 Å². The molecule has 2 N–H and O–H groups in total. The molecule has 0 aromatic heterocycles. The van der Waals surface area contributed by atoms with Crippen molar-refractivity contribution in [2.45, 2.75) is 57.0 Å². The first-order valence-corrected chi connectivity index (χ1v) is 9.60. The van der Waals surface area contributed by atoms with E-state index in [4.69, 9.17) is 4.74 Å². The summed E-state index contributed by atoms with van der Waals surface area (Å²) in [6, 6.07) is 6.84. The van der Waals surface area contributed by atoms with Gasteiger partial charge < -0.3 is 20.3 Å². The van der Waals surface area contributed by atoms with Crippen LogP contribution in [-0.4, -0.2) is 44.2 Å². The maximum Gasteiger partial charge on any atom is 0.315 e. The van der Waals surface area contributed by atoms with Gasteiger partial charge in [0.2, 0.25) is 0 Å². The number of amides is 2. The van der Waals surface area contributed by atoms with E-state index >= 15 is 0 Å². The third-order valence-corrected chi connectivity index (χ3v) is 5.37. The van der Waals surface area contributed by atoms with E-state index in [2.05, 4.69) is 47.8 Å². The third-order valence-electron chi connectivity index (χ3n) is 5.37. The average Bonchev–Trinajstić information content (AvgIpc) is 2.90. The Morgan fingerprint density at radius 2 is 2.00 bits per heavy atom. The standard InChI is InChI=1S/C20H31N3O2/c1-23(2)18(15-9-10-19-16(13-15)11-12-25-19)14-21-20(24)22-17-7-5-3-4-6-8-17/h9-10,13,17-18H,3-8,11-12,14H2,1-2H3,(H2,21,22,24). The highest BCUT2D eigenvalue weighted by Crippen LogP contribution is 2.29. The Labute approximate surface area is 151 Å². The number of carbonyl (C=O) groups excluding carboxylic acids is 1. The van der Waals surface area contributed by atoms with Crippen molar-refractivity contribution >= 4 is 6.03 Å². The fraction of sp³-hybridized carbons (Fsp3) is 0.650. The van der Waals surface area contributed by atoms with Crippen LogP contribution in [0.5, 0.6) is 5.75 Å². The molecule has 138 valence electrons. The van der Waals surface area contributed by atoms with Crippen LogP contribution in [0.2, 0.25) is 0 Å². The Balaban J connectivity index is 1.55. The first kappa shape index (κ1) is 18.1. The van der Waals surface area contributed by atoms with Crippen LogP contribution < -0.4 is 15.4 Å². The monoisotopic (exact) mass is 345 g/mol.